The lowest BCUT2D eigenvalue weighted by atomic mass is 9.84. The number of esters is 1. The fraction of sp³-hybridized carbons (Fsp3) is 0.435. The van der Waals surface area contributed by atoms with Crippen molar-refractivity contribution in [1.82, 2.24) is 0 Å². The van der Waals surface area contributed by atoms with Crippen molar-refractivity contribution in [1.29, 1.82) is 0 Å². The van der Waals surface area contributed by atoms with Crippen LogP contribution in [0.2, 0.25) is 0 Å². The van der Waals surface area contributed by atoms with E-state index in [1.54, 1.807) is 13.0 Å². The molecule has 1 aliphatic rings. The summed E-state index contributed by atoms with van der Waals surface area (Å²) in [6.45, 7) is 5.22. The van der Waals surface area contributed by atoms with E-state index in [4.69, 9.17) is 4.74 Å². The van der Waals surface area contributed by atoms with Crippen LogP contribution >= 0.6 is 11.8 Å². The Kier molecular flexibility index (Phi) is 8.96. The van der Waals surface area contributed by atoms with Crippen molar-refractivity contribution in [2.24, 2.45) is 11.8 Å². The minimum Gasteiger partial charge on any atom is -0.466 e. The van der Waals surface area contributed by atoms with Crippen molar-refractivity contribution in [3.05, 3.63) is 53.1 Å². The fourth-order valence-corrected chi connectivity index (χ4v) is 4.45. The summed E-state index contributed by atoms with van der Waals surface area (Å²) in [6.07, 6.45) is 4.54. The second-order valence-electron chi connectivity index (χ2n) is 7.15. The lowest BCUT2D eigenvalue weighted by Gasteiger charge is -2.24. The van der Waals surface area contributed by atoms with Gasteiger partial charge in [-0.05, 0) is 44.4 Å². The van der Waals surface area contributed by atoms with Crippen LogP contribution in [0.5, 0.6) is 0 Å². The number of halogens is 2. The first-order chi connectivity index (χ1) is 14.3. The highest BCUT2D eigenvalue weighted by molar-refractivity contribution is 8.13. The molecule has 1 aromatic rings. The predicted octanol–water partition coefficient (Wildman–Crippen LogP) is 5.12. The molecule has 2 atom stereocenters. The SMILES string of the molecule is CCOC(=O)C(CSC(=O)C1CC(c2ccc(F)cc2F)=CC=C1CC)CC(C)=O. The van der Waals surface area contributed by atoms with Gasteiger partial charge in [0.15, 0.2) is 5.12 Å². The van der Waals surface area contributed by atoms with Gasteiger partial charge in [0.05, 0.1) is 18.4 Å². The van der Waals surface area contributed by atoms with Crippen molar-refractivity contribution in [2.45, 2.75) is 40.0 Å². The maximum Gasteiger partial charge on any atom is 0.310 e. The Bertz CT molecular complexity index is 876. The van der Waals surface area contributed by atoms with Crippen LogP contribution in [-0.2, 0) is 19.1 Å². The van der Waals surface area contributed by atoms with Gasteiger partial charge in [0.2, 0.25) is 0 Å². The average Bonchev–Trinajstić information content (AvgIpc) is 2.70. The number of Topliss-reactive ketones (excluding diaryl/α,β-unsaturated/α-hetero) is 1. The number of thioether (sulfide) groups is 1. The molecule has 0 aromatic heterocycles. The van der Waals surface area contributed by atoms with Crippen LogP contribution in [0.4, 0.5) is 8.78 Å². The van der Waals surface area contributed by atoms with E-state index in [0.717, 1.165) is 23.4 Å². The molecule has 30 heavy (non-hydrogen) atoms. The molecule has 0 amide bonds. The van der Waals surface area contributed by atoms with Crippen LogP contribution in [0.3, 0.4) is 0 Å². The Balaban J connectivity index is 2.13. The number of hydrogen-bond donors (Lipinski definition) is 0. The number of benzene rings is 1. The van der Waals surface area contributed by atoms with E-state index in [9.17, 15) is 23.2 Å². The number of ether oxygens (including phenoxy) is 1. The smallest absolute Gasteiger partial charge is 0.310 e. The molecule has 1 aromatic carbocycles. The summed E-state index contributed by atoms with van der Waals surface area (Å²) in [4.78, 5) is 36.5. The highest BCUT2D eigenvalue weighted by Gasteiger charge is 2.29. The minimum absolute atomic E-state index is 0.0200. The molecule has 0 aliphatic heterocycles. The topological polar surface area (TPSA) is 60.4 Å². The average molecular weight is 437 g/mol. The lowest BCUT2D eigenvalue weighted by Crippen LogP contribution is -2.24. The van der Waals surface area contributed by atoms with Crippen molar-refractivity contribution in [3.8, 4) is 0 Å². The molecule has 0 saturated heterocycles. The Hall–Kier alpha value is -2.28. The van der Waals surface area contributed by atoms with Crippen LogP contribution in [0, 0.1) is 23.5 Å². The van der Waals surface area contributed by atoms with E-state index in [2.05, 4.69) is 0 Å². The van der Waals surface area contributed by atoms with E-state index in [1.165, 1.54) is 19.1 Å². The number of hydrogen-bond acceptors (Lipinski definition) is 5. The van der Waals surface area contributed by atoms with Gasteiger partial charge in [-0.3, -0.25) is 9.59 Å². The second-order valence-corrected chi connectivity index (χ2v) is 8.18. The standard InChI is InChI=1S/C23H26F2O4S/c1-4-15-6-7-16(19-9-8-18(24)12-21(19)25)11-20(15)23(28)30-13-17(10-14(3)26)22(27)29-5-2/h6-9,12,17,20H,4-5,10-11,13H2,1-3H3. The number of carbonyl (C=O) groups is 3. The van der Waals surface area contributed by atoms with Gasteiger partial charge in [-0.15, -0.1) is 0 Å². The van der Waals surface area contributed by atoms with Crippen LogP contribution in [0.15, 0.2) is 35.9 Å². The molecule has 0 heterocycles. The third-order valence-electron chi connectivity index (χ3n) is 4.92. The van der Waals surface area contributed by atoms with Gasteiger partial charge in [-0.2, -0.15) is 0 Å². The monoisotopic (exact) mass is 436 g/mol. The normalized spacial score (nSPS) is 17.0. The molecule has 7 heteroatoms. The van der Waals surface area contributed by atoms with Gasteiger partial charge < -0.3 is 9.53 Å². The second kappa shape index (κ2) is 11.2. The zero-order chi connectivity index (χ0) is 22.3. The molecule has 162 valence electrons. The largest absolute Gasteiger partial charge is 0.466 e. The minimum atomic E-state index is -0.682. The zero-order valence-corrected chi connectivity index (χ0v) is 18.2. The molecule has 0 fully saturated rings. The summed E-state index contributed by atoms with van der Waals surface area (Å²) >= 11 is 0.996. The predicted molar refractivity (Wildman–Crippen MR) is 114 cm³/mol. The number of carbonyl (C=O) groups excluding carboxylic acids is 3. The molecule has 2 unspecified atom stereocenters. The Morgan fingerprint density at radius 2 is 1.93 bits per heavy atom. The van der Waals surface area contributed by atoms with Crippen molar-refractivity contribution < 1.29 is 27.9 Å². The quantitative estimate of drug-likeness (QED) is 0.503. The van der Waals surface area contributed by atoms with Crippen LogP contribution in [-0.4, -0.2) is 29.2 Å². The summed E-state index contributed by atoms with van der Waals surface area (Å²) in [5.74, 6) is -2.97. The summed E-state index contributed by atoms with van der Waals surface area (Å²) in [5, 5.41) is -0.144. The van der Waals surface area contributed by atoms with E-state index < -0.39 is 29.4 Å². The number of ketones is 1. The summed E-state index contributed by atoms with van der Waals surface area (Å²) in [6, 6.07) is 3.39. The first-order valence-electron chi connectivity index (χ1n) is 9.94. The van der Waals surface area contributed by atoms with Gasteiger partial charge in [0.1, 0.15) is 17.4 Å². The highest BCUT2D eigenvalue weighted by atomic mass is 32.2. The number of rotatable bonds is 9. The van der Waals surface area contributed by atoms with Gasteiger partial charge in [-0.25, -0.2) is 8.78 Å². The maximum absolute atomic E-state index is 14.2. The Labute approximate surface area is 179 Å². The van der Waals surface area contributed by atoms with Gasteiger partial charge in [0.25, 0.3) is 0 Å². The van der Waals surface area contributed by atoms with Crippen LogP contribution < -0.4 is 0 Å². The maximum atomic E-state index is 14.2. The molecular formula is C23H26F2O4S. The van der Waals surface area contributed by atoms with Gasteiger partial charge >= 0.3 is 5.97 Å². The lowest BCUT2D eigenvalue weighted by molar-refractivity contribution is -0.148. The molecule has 1 aliphatic carbocycles. The van der Waals surface area contributed by atoms with E-state index in [-0.39, 0.29) is 35.2 Å². The van der Waals surface area contributed by atoms with Crippen LogP contribution in [0.1, 0.15) is 45.6 Å². The van der Waals surface area contributed by atoms with Crippen molar-refractivity contribution in [2.75, 3.05) is 12.4 Å². The highest BCUT2D eigenvalue weighted by Crippen LogP contribution is 2.37. The molecular weight excluding hydrogens is 410 g/mol. The van der Waals surface area contributed by atoms with Gasteiger partial charge in [0, 0.05) is 23.8 Å². The van der Waals surface area contributed by atoms with Crippen LogP contribution in [0.25, 0.3) is 5.57 Å². The molecule has 4 nitrogen and oxygen atoms in total. The Morgan fingerprint density at radius 3 is 2.53 bits per heavy atom. The van der Waals surface area contributed by atoms with E-state index >= 15 is 0 Å². The third kappa shape index (κ3) is 6.36. The van der Waals surface area contributed by atoms with E-state index in [1.807, 2.05) is 13.0 Å². The molecule has 0 saturated carbocycles. The molecule has 0 N–H and O–H groups in total. The molecule has 0 radical (unpaired) electrons. The van der Waals surface area contributed by atoms with E-state index in [0.29, 0.717) is 18.4 Å². The fourth-order valence-electron chi connectivity index (χ4n) is 3.39. The molecule has 0 bridgehead atoms. The zero-order valence-electron chi connectivity index (χ0n) is 17.4. The molecule has 0 spiro atoms. The van der Waals surface area contributed by atoms with Gasteiger partial charge in [-0.1, -0.05) is 36.4 Å². The molecule has 2 rings (SSSR count). The summed E-state index contributed by atoms with van der Waals surface area (Å²) in [7, 11) is 0. The summed E-state index contributed by atoms with van der Waals surface area (Å²) in [5.41, 5.74) is 1.80. The van der Waals surface area contributed by atoms with Crippen molar-refractivity contribution in [3.63, 3.8) is 0 Å². The first-order valence-corrected chi connectivity index (χ1v) is 10.9. The third-order valence-corrected chi connectivity index (χ3v) is 6.06. The van der Waals surface area contributed by atoms with Crippen molar-refractivity contribution >= 4 is 34.2 Å². The first kappa shape index (κ1) is 24.0. The number of allylic oxidation sites excluding steroid dienone is 4. The summed E-state index contributed by atoms with van der Waals surface area (Å²) < 4.78 is 32.5. The Morgan fingerprint density at radius 1 is 1.20 bits per heavy atom.